The van der Waals surface area contributed by atoms with E-state index in [-0.39, 0.29) is 5.57 Å². The fourth-order valence-corrected chi connectivity index (χ4v) is 1.48. The van der Waals surface area contributed by atoms with E-state index >= 15 is 0 Å². The number of hydrogen-bond donors (Lipinski definition) is 1. The molecule has 4 heteroatoms. The van der Waals surface area contributed by atoms with Crippen LogP contribution in [-0.4, -0.2) is 19.6 Å². The minimum atomic E-state index is -0.545. The van der Waals surface area contributed by atoms with Crippen LogP contribution in [0.15, 0.2) is 11.3 Å². The maximum Gasteiger partial charge on any atom is 0.350 e. The molecule has 14 heavy (non-hydrogen) atoms. The van der Waals surface area contributed by atoms with Crippen LogP contribution in [0.25, 0.3) is 0 Å². The zero-order valence-electron chi connectivity index (χ0n) is 8.30. The van der Waals surface area contributed by atoms with Gasteiger partial charge in [0.05, 0.1) is 7.11 Å². The highest BCUT2D eigenvalue weighted by atomic mass is 16.5. The molecule has 1 aliphatic rings. The van der Waals surface area contributed by atoms with Crippen molar-refractivity contribution in [1.29, 1.82) is 5.26 Å². The van der Waals surface area contributed by atoms with Gasteiger partial charge in [0.2, 0.25) is 0 Å². The van der Waals surface area contributed by atoms with Crippen molar-refractivity contribution in [1.82, 2.24) is 5.32 Å². The van der Waals surface area contributed by atoms with E-state index in [9.17, 15) is 4.79 Å². The van der Waals surface area contributed by atoms with Gasteiger partial charge < -0.3 is 10.1 Å². The first kappa shape index (κ1) is 10.6. The predicted molar refractivity (Wildman–Crippen MR) is 51.1 cm³/mol. The fourth-order valence-electron chi connectivity index (χ4n) is 1.48. The summed E-state index contributed by atoms with van der Waals surface area (Å²) >= 11 is 0. The summed E-state index contributed by atoms with van der Waals surface area (Å²) in [5.74, 6) is -0.545. The van der Waals surface area contributed by atoms with Gasteiger partial charge in [0.25, 0.3) is 0 Å². The lowest BCUT2D eigenvalue weighted by molar-refractivity contribution is -0.135. The molecule has 0 atom stereocenters. The number of allylic oxidation sites excluding steroid dienone is 1. The molecule has 1 heterocycles. The standard InChI is InChI=1S/C10H14N2O2/c1-14-10(13)8(7-11)9-5-3-2-4-6-12-9/h12H,2-6H2,1H3/b9-8+. The minimum Gasteiger partial charge on any atom is -0.465 e. The second-order valence-corrected chi connectivity index (χ2v) is 3.19. The van der Waals surface area contributed by atoms with E-state index in [1.165, 1.54) is 7.11 Å². The maximum atomic E-state index is 11.2. The third kappa shape index (κ3) is 2.49. The number of hydrogen-bond acceptors (Lipinski definition) is 4. The summed E-state index contributed by atoms with van der Waals surface area (Å²) in [6, 6.07) is 1.89. The van der Waals surface area contributed by atoms with Gasteiger partial charge in [0, 0.05) is 12.2 Å². The van der Waals surface area contributed by atoms with Gasteiger partial charge in [0.15, 0.2) is 5.57 Å². The fraction of sp³-hybridized carbons (Fsp3) is 0.600. The normalized spacial score (nSPS) is 20.0. The lowest BCUT2D eigenvalue weighted by Crippen LogP contribution is -2.18. The lowest BCUT2D eigenvalue weighted by atomic mass is 10.1. The number of carbonyl (C=O) groups is 1. The van der Waals surface area contributed by atoms with E-state index in [1.54, 1.807) is 0 Å². The van der Waals surface area contributed by atoms with Gasteiger partial charge in [-0.05, 0) is 19.3 Å². The Hall–Kier alpha value is -1.50. The molecule has 0 aromatic carbocycles. The molecule has 0 unspecified atom stereocenters. The Kier molecular flexibility index (Phi) is 3.99. The summed E-state index contributed by atoms with van der Waals surface area (Å²) in [7, 11) is 1.29. The highest BCUT2D eigenvalue weighted by molar-refractivity contribution is 5.93. The van der Waals surface area contributed by atoms with E-state index in [0.717, 1.165) is 37.9 Å². The molecule has 1 N–H and O–H groups in total. The average Bonchev–Trinajstić information content (AvgIpc) is 2.47. The summed E-state index contributed by atoms with van der Waals surface area (Å²) < 4.78 is 4.54. The predicted octanol–water partition coefficient (Wildman–Crippen LogP) is 1.10. The molecule has 1 saturated heterocycles. The van der Waals surface area contributed by atoms with Crippen molar-refractivity contribution in [3.63, 3.8) is 0 Å². The van der Waals surface area contributed by atoms with Crippen LogP contribution in [0.5, 0.6) is 0 Å². The molecule has 0 spiro atoms. The zero-order chi connectivity index (χ0) is 10.4. The maximum absolute atomic E-state index is 11.2. The van der Waals surface area contributed by atoms with Crippen molar-refractivity contribution in [3.8, 4) is 6.07 Å². The van der Waals surface area contributed by atoms with Crippen molar-refractivity contribution in [2.75, 3.05) is 13.7 Å². The van der Waals surface area contributed by atoms with Gasteiger partial charge in [0.1, 0.15) is 6.07 Å². The highest BCUT2D eigenvalue weighted by Gasteiger charge is 2.16. The Balaban J connectivity index is 2.86. The Morgan fingerprint density at radius 3 is 2.93 bits per heavy atom. The highest BCUT2D eigenvalue weighted by Crippen LogP contribution is 2.15. The van der Waals surface area contributed by atoms with E-state index in [4.69, 9.17) is 5.26 Å². The van der Waals surface area contributed by atoms with E-state index in [2.05, 4.69) is 10.1 Å². The van der Waals surface area contributed by atoms with Gasteiger partial charge in [-0.1, -0.05) is 6.42 Å². The smallest absolute Gasteiger partial charge is 0.350 e. The van der Waals surface area contributed by atoms with Crippen molar-refractivity contribution in [3.05, 3.63) is 11.3 Å². The van der Waals surface area contributed by atoms with E-state index in [0.29, 0.717) is 0 Å². The molecule has 0 saturated carbocycles. The molecule has 1 aliphatic heterocycles. The molecule has 76 valence electrons. The summed E-state index contributed by atoms with van der Waals surface area (Å²) in [5.41, 5.74) is 0.853. The van der Waals surface area contributed by atoms with Crippen LogP contribution in [0.4, 0.5) is 0 Å². The number of methoxy groups -OCH3 is 1. The van der Waals surface area contributed by atoms with Crippen LogP contribution in [0, 0.1) is 11.3 Å². The Labute approximate surface area is 83.5 Å². The molecule has 1 rings (SSSR count). The number of esters is 1. The first-order valence-corrected chi connectivity index (χ1v) is 4.75. The quantitative estimate of drug-likeness (QED) is 0.386. The summed E-state index contributed by atoms with van der Waals surface area (Å²) in [5, 5.41) is 11.9. The molecular formula is C10H14N2O2. The molecule has 0 bridgehead atoms. The number of nitrogens with one attached hydrogen (secondary N) is 1. The largest absolute Gasteiger partial charge is 0.465 e. The third-order valence-electron chi connectivity index (χ3n) is 2.25. The number of ether oxygens (including phenoxy) is 1. The molecule has 0 aliphatic carbocycles. The molecule has 0 aromatic rings. The van der Waals surface area contributed by atoms with Gasteiger partial charge in [-0.25, -0.2) is 4.79 Å². The SMILES string of the molecule is COC(=O)/C(C#N)=C1\CCCCCN1. The summed E-state index contributed by atoms with van der Waals surface area (Å²) in [4.78, 5) is 11.2. The third-order valence-corrected chi connectivity index (χ3v) is 2.25. The molecule has 0 radical (unpaired) electrons. The monoisotopic (exact) mass is 194 g/mol. The molecule has 0 aromatic heterocycles. The molecular weight excluding hydrogens is 180 g/mol. The first-order valence-electron chi connectivity index (χ1n) is 4.75. The van der Waals surface area contributed by atoms with Crippen LogP contribution in [-0.2, 0) is 9.53 Å². The van der Waals surface area contributed by atoms with Gasteiger partial charge in [-0.15, -0.1) is 0 Å². The van der Waals surface area contributed by atoms with Crippen LogP contribution in [0.2, 0.25) is 0 Å². The Bertz CT molecular complexity index is 279. The summed E-state index contributed by atoms with van der Waals surface area (Å²) in [6.45, 7) is 0.831. The molecule has 0 amide bonds. The first-order chi connectivity index (χ1) is 6.79. The number of nitriles is 1. The number of carbonyl (C=O) groups excluding carboxylic acids is 1. The zero-order valence-corrected chi connectivity index (χ0v) is 8.30. The van der Waals surface area contributed by atoms with Gasteiger partial charge in [-0.3, -0.25) is 0 Å². The van der Waals surface area contributed by atoms with E-state index < -0.39 is 5.97 Å². The van der Waals surface area contributed by atoms with Crippen molar-refractivity contribution >= 4 is 5.97 Å². The molecule has 1 fully saturated rings. The second-order valence-electron chi connectivity index (χ2n) is 3.19. The van der Waals surface area contributed by atoms with Crippen LogP contribution in [0.1, 0.15) is 25.7 Å². The molecule has 4 nitrogen and oxygen atoms in total. The van der Waals surface area contributed by atoms with Crippen molar-refractivity contribution < 1.29 is 9.53 Å². The Morgan fingerprint density at radius 2 is 2.29 bits per heavy atom. The van der Waals surface area contributed by atoms with Gasteiger partial charge >= 0.3 is 5.97 Å². The van der Waals surface area contributed by atoms with Gasteiger partial charge in [-0.2, -0.15) is 5.26 Å². The average molecular weight is 194 g/mol. The van der Waals surface area contributed by atoms with Crippen LogP contribution < -0.4 is 5.32 Å². The van der Waals surface area contributed by atoms with Crippen LogP contribution in [0.3, 0.4) is 0 Å². The minimum absolute atomic E-state index is 0.120. The second kappa shape index (κ2) is 5.28. The van der Waals surface area contributed by atoms with Crippen molar-refractivity contribution in [2.45, 2.75) is 25.7 Å². The van der Waals surface area contributed by atoms with Crippen LogP contribution >= 0.6 is 0 Å². The number of nitrogens with zero attached hydrogens (tertiary/aromatic N) is 1. The van der Waals surface area contributed by atoms with E-state index in [1.807, 2.05) is 6.07 Å². The summed E-state index contributed by atoms with van der Waals surface area (Å²) in [6.07, 6.45) is 4.00. The van der Waals surface area contributed by atoms with Crippen molar-refractivity contribution in [2.24, 2.45) is 0 Å². The Morgan fingerprint density at radius 1 is 1.50 bits per heavy atom. The lowest BCUT2D eigenvalue weighted by Gasteiger charge is -2.07. The topological polar surface area (TPSA) is 62.1 Å². The number of rotatable bonds is 1.